The molecule has 14 nitrogen and oxygen atoms in total. The molecule has 7 N–H and O–H groups in total. The van der Waals surface area contributed by atoms with Gasteiger partial charge in [-0.2, -0.15) is 4.31 Å². The third kappa shape index (κ3) is 10.5. The maximum absolute atomic E-state index is 13.9. The van der Waals surface area contributed by atoms with Gasteiger partial charge >= 0.3 is 6.03 Å². The Morgan fingerprint density at radius 1 is 1.00 bits per heavy atom. The normalized spacial score (nSPS) is 17.5. The van der Waals surface area contributed by atoms with Gasteiger partial charge in [-0.15, -0.1) is 0 Å². The van der Waals surface area contributed by atoms with Gasteiger partial charge in [-0.25, -0.2) is 13.2 Å². The molecule has 0 radical (unpaired) electrons. The fraction of sp³-hybridized carbons (Fsp3) is 0.526. The number of halogens is 1. The van der Waals surface area contributed by atoms with E-state index in [1.54, 1.807) is 32.2 Å². The quantitative estimate of drug-likeness (QED) is 0.0780. The molecule has 1 aromatic heterocycles. The lowest BCUT2D eigenvalue weighted by atomic mass is 9.96. The molecular weight excluding hydrogens is 740 g/mol. The standard InChI is InChI=1S/C38H51ClN4O10S/c1-24(2)43(18-6-5-16-41-37(49)42-21-32(45)35(47)36(48)33(46)22-44)54(50,51)27-11-12-31(39)25(19-27)23-52-38(14-15-38)30-20-40-17-13-28(30)29-7-3-4-8-34(29)53-26-9-10-26/h3-4,7-8,11-13,17,19-20,24,26,32-33,35-36,44-48H,5-6,9-10,14-16,18,21-23H2,1-2H3,(H2,41,42,49)/t32-,33+,35+,36+/m0/s1. The van der Waals surface area contributed by atoms with E-state index in [0.29, 0.717) is 23.4 Å². The fourth-order valence-electron chi connectivity index (χ4n) is 6.12. The van der Waals surface area contributed by atoms with Gasteiger partial charge in [-0.1, -0.05) is 29.8 Å². The number of para-hydroxylation sites is 1. The number of rotatable bonds is 21. The van der Waals surface area contributed by atoms with E-state index in [1.165, 1.54) is 10.4 Å². The lowest BCUT2D eigenvalue weighted by molar-refractivity contribution is -0.113. The Labute approximate surface area is 321 Å². The Hall–Kier alpha value is -3.38. The second-order valence-corrected chi connectivity index (χ2v) is 16.4. The van der Waals surface area contributed by atoms with Gasteiger partial charge < -0.3 is 45.6 Å². The Kier molecular flexibility index (Phi) is 14.3. The van der Waals surface area contributed by atoms with E-state index in [-0.39, 0.29) is 36.7 Å². The number of aromatic nitrogens is 1. The molecule has 3 aromatic rings. The van der Waals surface area contributed by atoms with Gasteiger partial charge in [0.25, 0.3) is 0 Å². The summed E-state index contributed by atoms with van der Waals surface area (Å²) in [5.74, 6) is 0.824. The van der Waals surface area contributed by atoms with Crippen molar-refractivity contribution in [2.24, 2.45) is 0 Å². The van der Waals surface area contributed by atoms with E-state index < -0.39 is 59.2 Å². The molecule has 2 fully saturated rings. The summed E-state index contributed by atoms with van der Waals surface area (Å²) in [4.78, 5) is 16.7. The third-order valence-electron chi connectivity index (χ3n) is 9.60. The average Bonchev–Trinajstić information content (AvgIpc) is 4.11. The molecule has 5 rings (SSSR count). The highest BCUT2D eigenvalue weighted by Crippen LogP contribution is 2.53. The van der Waals surface area contributed by atoms with Crippen LogP contribution in [0.4, 0.5) is 4.79 Å². The predicted octanol–water partition coefficient (Wildman–Crippen LogP) is 3.06. The van der Waals surface area contributed by atoms with Crippen LogP contribution in [0.15, 0.2) is 65.8 Å². The van der Waals surface area contributed by atoms with Crippen molar-refractivity contribution >= 4 is 27.7 Å². The first-order valence-electron chi connectivity index (χ1n) is 18.3. The number of aliphatic hydroxyl groups excluding tert-OH is 5. The summed E-state index contributed by atoms with van der Waals surface area (Å²) in [6.45, 7) is 2.81. The molecule has 4 atom stereocenters. The number of urea groups is 1. The molecular formula is C38H51ClN4O10S. The SMILES string of the molecule is CC(C)N(CCCCNC(=O)NC[C@H](O)[C@@H](O)[C@H](O)[C@H](O)CO)S(=O)(=O)c1ccc(Cl)c(COC2(c3cnccc3-c3ccccc3OC3CC3)CC2)c1. The lowest BCUT2D eigenvalue weighted by Crippen LogP contribution is -2.50. The number of hydrogen-bond acceptors (Lipinski definition) is 11. The Morgan fingerprint density at radius 3 is 2.41 bits per heavy atom. The third-order valence-corrected chi connectivity index (χ3v) is 12.0. The molecule has 0 bridgehead atoms. The molecule has 2 aliphatic rings. The monoisotopic (exact) mass is 790 g/mol. The first-order chi connectivity index (χ1) is 25.8. The number of ether oxygens (including phenoxy) is 2. The van der Waals surface area contributed by atoms with Gasteiger partial charge in [0.05, 0.1) is 35.9 Å². The molecule has 54 heavy (non-hydrogen) atoms. The molecule has 0 aliphatic heterocycles. The molecule has 296 valence electrons. The number of sulfonamides is 1. The predicted molar refractivity (Wildman–Crippen MR) is 201 cm³/mol. The number of carbonyl (C=O) groups excluding carboxylic acids is 1. The van der Waals surface area contributed by atoms with Crippen molar-refractivity contribution in [1.29, 1.82) is 0 Å². The minimum absolute atomic E-state index is 0.0899. The molecule has 2 aromatic carbocycles. The lowest BCUT2D eigenvalue weighted by Gasteiger charge is -2.26. The van der Waals surface area contributed by atoms with Crippen LogP contribution in [0.5, 0.6) is 5.75 Å². The van der Waals surface area contributed by atoms with Crippen molar-refractivity contribution in [1.82, 2.24) is 19.9 Å². The zero-order valence-corrected chi connectivity index (χ0v) is 32.0. The summed E-state index contributed by atoms with van der Waals surface area (Å²) in [5.41, 5.74) is 2.84. The van der Waals surface area contributed by atoms with Crippen LogP contribution in [0.1, 0.15) is 63.5 Å². The molecule has 0 spiro atoms. The number of hydrogen-bond donors (Lipinski definition) is 7. The Bertz CT molecular complexity index is 1830. The minimum atomic E-state index is -3.94. The van der Waals surface area contributed by atoms with Crippen LogP contribution in [-0.4, -0.2) is 112 Å². The van der Waals surface area contributed by atoms with Gasteiger partial charge in [-0.05, 0) is 93.8 Å². The molecule has 2 saturated carbocycles. The largest absolute Gasteiger partial charge is 0.490 e. The first kappa shape index (κ1) is 41.8. The minimum Gasteiger partial charge on any atom is -0.490 e. The second kappa shape index (κ2) is 18.5. The number of amides is 2. The summed E-state index contributed by atoms with van der Waals surface area (Å²) in [7, 11) is -3.94. The van der Waals surface area contributed by atoms with Crippen molar-refractivity contribution in [2.75, 3.05) is 26.2 Å². The van der Waals surface area contributed by atoms with Crippen LogP contribution in [0, 0.1) is 0 Å². The summed E-state index contributed by atoms with van der Waals surface area (Å²) >= 11 is 6.60. The van der Waals surface area contributed by atoms with Crippen molar-refractivity contribution in [2.45, 2.75) is 106 Å². The van der Waals surface area contributed by atoms with Crippen LogP contribution < -0.4 is 15.4 Å². The van der Waals surface area contributed by atoms with E-state index in [9.17, 15) is 33.6 Å². The van der Waals surface area contributed by atoms with Gasteiger partial charge in [0.1, 0.15) is 24.1 Å². The number of unbranched alkanes of at least 4 members (excludes halogenated alkanes) is 1. The maximum atomic E-state index is 13.9. The van der Waals surface area contributed by atoms with Crippen LogP contribution in [0.2, 0.25) is 5.02 Å². The van der Waals surface area contributed by atoms with Gasteiger partial charge in [0.2, 0.25) is 10.0 Å². The van der Waals surface area contributed by atoms with Gasteiger partial charge in [-0.3, -0.25) is 4.98 Å². The molecule has 2 amide bonds. The fourth-order valence-corrected chi connectivity index (χ4v) is 8.02. The van der Waals surface area contributed by atoms with E-state index in [2.05, 4.69) is 15.6 Å². The Morgan fingerprint density at radius 2 is 1.72 bits per heavy atom. The van der Waals surface area contributed by atoms with Crippen molar-refractivity contribution in [3.05, 3.63) is 77.1 Å². The highest BCUT2D eigenvalue weighted by molar-refractivity contribution is 7.89. The number of nitrogens with one attached hydrogen (secondary N) is 2. The van der Waals surface area contributed by atoms with Crippen molar-refractivity contribution in [3.63, 3.8) is 0 Å². The zero-order valence-electron chi connectivity index (χ0n) is 30.5. The van der Waals surface area contributed by atoms with Gasteiger partial charge in [0.15, 0.2) is 0 Å². The number of nitrogens with zero attached hydrogens (tertiary/aromatic N) is 2. The van der Waals surface area contributed by atoms with Crippen LogP contribution in [-0.2, 0) is 27.0 Å². The van der Waals surface area contributed by atoms with E-state index in [0.717, 1.165) is 48.1 Å². The second-order valence-electron chi connectivity index (χ2n) is 14.1. The molecule has 0 saturated heterocycles. The smallest absolute Gasteiger partial charge is 0.314 e. The average molecular weight is 791 g/mol. The summed E-state index contributed by atoms with van der Waals surface area (Å²) < 4.78 is 42.0. The van der Waals surface area contributed by atoms with Crippen molar-refractivity contribution in [3.8, 4) is 16.9 Å². The Balaban J connectivity index is 1.17. The molecule has 2 aliphatic carbocycles. The first-order valence-corrected chi connectivity index (χ1v) is 20.1. The van der Waals surface area contributed by atoms with E-state index in [1.807, 2.05) is 36.5 Å². The highest BCUT2D eigenvalue weighted by Gasteiger charge is 2.48. The summed E-state index contributed by atoms with van der Waals surface area (Å²) in [6, 6.07) is 13.5. The number of pyridine rings is 1. The van der Waals surface area contributed by atoms with Crippen LogP contribution >= 0.6 is 11.6 Å². The topological polar surface area (TPSA) is 211 Å². The molecule has 0 unspecified atom stereocenters. The number of aliphatic hydroxyl groups is 5. The summed E-state index contributed by atoms with van der Waals surface area (Å²) in [5, 5.41) is 53.2. The number of carbonyl (C=O) groups is 1. The van der Waals surface area contributed by atoms with Crippen LogP contribution in [0.3, 0.4) is 0 Å². The van der Waals surface area contributed by atoms with E-state index in [4.69, 9.17) is 26.2 Å². The zero-order chi connectivity index (χ0) is 39.0. The van der Waals surface area contributed by atoms with Crippen molar-refractivity contribution < 1.29 is 48.2 Å². The van der Waals surface area contributed by atoms with Gasteiger partial charge in [0, 0.05) is 54.2 Å². The maximum Gasteiger partial charge on any atom is 0.314 e. The summed E-state index contributed by atoms with van der Waals surface area (Å²) in [6.07, 6.45) is 1.49. The number of benzene rings is 2. The molecule has 1 heterocycles. The van der Waals surface area contributed by atoms with E-state index >= 15 is 0 Å². The highest BCUT2D eigenvalue weighted by atomic mass is 35.5. The van der Waals surface area contributed by atoms with Crippen LogP contribution in [0.25, 0.3) is 11.1 Å². The molecule has 16 heteroatoms.